The number of amides is 1. The van der Waals surface area contributed by atoms with Gasteiger partial charge in [0, 0.05) is 37.9 Å². The Hall–Kier alpha value is -2.41. The molecule has 0 saturated carbocycles. The smallest absolute Gasteiger partial charge is 0.412 e. The van der Waals surface area contributed by atoms with Gasteiger partial charge in [-0.05, 0) is 102 Å². The third-order valence-electron chi connectivity index (χ3n) is 8.74. The van der Waals surface area contributed by atoms with Gasteiger partial charge in [-0.3, -0.25) is 5.32 Å². The zero-order valence-electron chi connectivity index (χ0n) is 25.8. The van der Waals surface area contributed by atoms with Gasteiger partial charge in [0.25, 0.3) is 0 Å². The van der Waals surface area contributed by atoms with Gasteiger partial charge in [-0.1, -0.05) is 62.4 Å². The first-order valence-corrected chi connectivity index (χ1v) is 16.1. The lowest BCUT2D eigenvalue weighted by molar-refractivity contribution is -0.0166. The number of nitrogens with one attached hydrogen (secondary N) is 1. The maximum absolute atomic E-state index is 12.8. The molecule has 0 radical (unpaired) electrons. The number of hydrogen-bond acceptors (Lipinski definition) is 5. The zero-order chi connectivity index (χ0) is 28.9. The van der Waals surface area contributed by atoms with Crippen LogP contribution in [0.2, 0.25) is 0 Å². The number of unbranched alkanes of at least 4 members (excludes halogenated alkanes) is 2. The van der Waals surface area contributed by atoms with Gasteiger partial charge in [-0.25, -0.2) is 4.79 Å². The molecule has 1 N–H and O–H groups in total. The summed E-state index contributed by atoms with van der Waals surface area (Å²) in [5, 5.41) is 2.99. The van der Waals surface area contributed by atoms with Crippen LogP contribution in [0.25, 0.3) is 11.1 Å². The zero-order valence-corrected chi connectivity index (χ0v) is 25.8. The van der Waals surface area contributed by atoms with E-state index in [1.807, 2.05) is 54.6 Å². The molecule has 6 heteroatoms. The lowest BCUT2D eigenvalue weighted by atomic mass is 9.93. The first-order valence-electron chi connectivity index (χ1n) is 16.1. The van der Waals surface area contributed by atoms with E-state index < -0.39 is 5.60 Å². The molecule has 2 aliphatic heterocycles. The van der Waals surface area contributed by atoms with E-state index in [9.17, 15) is 4.79 Å². The molecule has 41 heavy (non-hydrogen) atoms. The number of anilines is 1. The number of carbonyl (C=O) groups excluding carboxylic acids is 1. The molecular weight excluding hydrogens is 510 g/mol. The number of para-hydroxylation sites is 1. The van der Waals surface area contributed by atoms with E-state index in [-0.39, 0.29) is 6.09 Å². The number of hydrogen-bond donors (Lipinski definition) is 1. The second kappa shape index (κ2) is 16.3. The molecule has 2 aliphatic rings. The molecular formula is C35H53N3O3. The third-order valence-corrected chi connectivity index (χ3v) is 8.74. The predicted molar refractivity (Wildman–Crippen MR) is 169 cm³/mol. The number of benzene rings is 2. The Morgan fingerprint density at radius 1 is 0.927 bits per heavy atom. The molecule has 6 nitrogen and oxygen atoms in total. The summed E-state index contributed by atoms with van der Waals surface area (Å²) in [7, 11) is 0. The first-order chi connectivity index (χ1) is 19.9. The summed E-state index contributed by atoms with van der Waals surface area (Å²) in [6.07, 6.45) is 10.1. The van der Waals surface area contributed by atoms with Crippen LogP contribution in [0, 0.1) is 5.92 Å². The van der Waals surface area contributed by atoms with E-state index in [0.717, 1.165) is 87.3 Å². The first kappa shape index (κ1) is 31.5. The number of likely N-dealkylation sites (tertiary alicyclic amines) is 2. The Morgan fingerprint density at radius 2 is 1.61 bits per heavy atom. The Bertz CT molecular complexity index is 1040. The van der Waals surface area contributed by atoms with Gasteiger partial charge in [0.05, 0.1) is 5.69 Å². The molecule has 0 aliphatic carbocycles. The highest BCUT2D eigenvalue weighted by atomic mass is 16.6. The standard InChI is InChI=1S/C35H53N3O3/c1-29(2)28-31-16-13-23-38(31)22-10-12-27-40-26-11-9-21-37-24-19-35(3,20-25-37)41-34(39)36-33-18-8-7-17-32(33)30-14-5-4-6-15-30/h4-8,14-15,17-18,29,31H,9-13,16,19-28H2,1-3H3,(H,36,39). The van der Waals surface area contributed by atoms with Crippen molar-refractivity contribution in [3.63, 3.8) is 0 Å². The summed E-state index contributed by atoms with van der Waals surface area (Å²) in [5.41, 5.74) is 2.40. The molecule has 2 saturated heterocycles. The quantitative estimate of drug-likeness (QED) is 0.224. The number of rotatable bonds is 15. The maximum atomic E-state index is 12.8. The fourth-order valence-electron chi connectivity index (χ4n) is 6.33. The van der Waals surface area contributed by atoms with Crippen LogP contribution in [0.3, 0.4) is 0 Å². The minimum Gasteiger partial charge on any atom is -0.443 e. The predicted octanol–water partition coefficient (Wildman–Crippen LogP) is 7.84. The molecule has 1 atom stereocenters. The van der Waals surface area contributed by atoms with Gasteiger partial charge < -0.3 is 19.3 Å². The molecule has 2 fully saturated rings. The van der Waals surface area contributed by atoms with Crippen LogP contribution in [0.4, 0.5) is 10.5 Å². The van der Waals surface area contributed by atoms with Crippen LogP contribution in [0.5, 0.6) is 0 Å². The Kier molecular flexibility index (Phi) is 12.5. The minimum absolute atomic E-state index is 0.378. The van der Waals surface area contributed by atoms with Crippen LogP contribution in [0.15, 0.2) is 54.6 Å². The summed E-state index contributed by atoms with van der Waals surface area (Å²) in [6.45, 7) is 14.0. The van der Waals surface area contributed by atoms with Crippen LogP contribution in [0.1, 0.15) is 78.6 Å². The van der Waals surface area contributed by atoms with Gasteiger partial charge in [0.2, 0.25) is 0 Å². The van der Waals surface area contributed by atoms with Gasteiger partial charge in [-0.2, -0.15) is 0 Å². The molecule has 1 amide bonds. The van der Waals surface area contributed by atoms with Crippen molar-refractivity contribution in [2.24, 2.45) is 5.92 Å². The highest BCUT2D eigenvalue weighted by Gasteiger charge is 2.33. The second-order valence-electron chi connectivity index (χ2n) is 12.7. The fraction of sp³-hybridized carbons (Fsp3) is 0.629. The van der Waals surface area contributed by atoms with Crippen molar-refractivity contribution < 1.29 is 14.3 Å². The Morgan fingerprint density at radius 3 is 2.34 bits per heavy atom. The van der Waals surface area contributed by atoms with Crippen LogP contribution >= 0.6 is 0 Å². The molecule has 226 valence electrons. The second-order valence-corrected chi connectivity index (χ2v) is 12.7. The molecule has 4 rings (SSSR count). The molecule has 2 aromatic rings. The van der Waals surface area contributed by atoms with Gasteiger partial charge >= 0.3 is 6.09 Å². The Labute approximate surface area is 248 Å². The van der Waals surface area contributed by atoms with E-state index >= 15 is 0 Å². The number of carbonyl (C=O) groups is 1. The van der Waals surface area contributed by atoms with Crippen molar-refractivity contribution in [1.29, 1.82) is 0 Å². The Balaban J connectivity index is 1.05. The summed E-state index contributed by atoms with van der Waals surface area (Å²) in [5.74, 6) is 0.798. The van der Waals surface area contributed by atoms with Gasteiger partial charge in [-0.15, -0.1) is 0 Å². The number of nitrogens with zero attached hydrogens (tertiary/aromatic N) is 2. The largest absolute Gasteiger partial charge is 0.443 e. The lowest BCUT2D eigenvalue weighted by Gasteiger charge is -2.38. The lowest BCUT2D eigenvalue weighted by Crippen LogP contribution is -2.46. The summed E-state index contributed by atoms with van der Waals surface area (Å²) >= 11 is 0. The van der Waals surface area contributed by atoms with Crippen molar-refractivity contribution in [3.8, 4) is 11.1 Å². The van der Waals surface area contributed by atoms with Crippen molar-refractivity contribution >= 4 is 11.8 Å². The molecule has 2 heterocycles. The van der Waals surface area contributed by atoms with Crippen molar-refractivity contribution in [1.82, 2.24) is 9.80 Å². The fourth-order valence-corrected chi connectivity index (χ4v) is 6.33. The topological polar surface area (TPSA) is 54.0 Å². The van der Waals surface area contributed by atoms with E-state index in [4.69, 9.17) is 9.47 Å². The average molecular weight is 564 g/mol. The van der Waals surface area contributed by atoms with E-state index in [1.54, 1.807) is 0 Å². The summed E-state index contributed by atoms with van der Waals surface area (Å²) < 4.78 is 11.9. The third kappa shape index (κ3) is 10.4. The monoisotopic (exact) mass is 563 g/mol. The van der Waals surface area contributed by atoms with E-state index in [0.29, 0.717) is 0 Å². The van der Waals surface area contributed by atoms with Gasteiger partial charge in [0.1, 0.15) is 5.60 Å². The number of piperidine rings is 1. The van der Waals surface area contributed by atoms with E-state index in [2.05, 4.69) is 35.9 Å². The molecule has 2 aromatic carbocycles. The van der Waals surface area contributed by atoms with Gasteiger partial charge in [0.15, 0.2) is 0 Å². The minimum atomic E-state index is -0.435. The van der Waals surface area contributed by atoms with Crippen LogP contribution in [-0.4, -0.2) is 73.5 Å². The molecule has 0 spiro atoms. The highest BCUT2D eigenvalue weighted by Crippen LogP contribution is 2.30. The molecule has 0 bridgehead atoms. The normalized spacial score (nSPS) is 19.5. The van der Waals surface area contributed by atoms with Crippen molar-refractivity contribution in [2.45, 2.75) is 90.2 Å². The van der Waals surface area contributed by atoms with Crippen LogP contribution in [-0.2, 0) is 9.47 Å². The number of ether oxygens (including phenoxy) is 2. The summed E-state index contributed by atoms with van der Waals surface area (Å²) in [6, 6.07) is 18.8. The van der Waals surface area contributed by atoms with E-state index in [1.165, 1.54) is 45.2 Å². The SMILES string of the molecule is CC(C)CC1CCCN1CCCCOCCCCN1CCC(C)(OC(=O)Nc2ccccc2-c2ccccc2)CC1. The average Bonchev–Trinajstić information content (AvgIpc) is 3.39. The summed E-state index contributed by atoms with van der Waals surface area (Å²) in [4.78, 5) is 18.1. The van der Waals surface area contributed by atoms with Crippen molar-refractivity contribution in [3.05, 3.63) is 54.6 Å². The molecule has 0 aromatic heterocycles. The molecule has 1 unspecified atom stereocenters. The van der Waals surface area contributed by atoms with Crippen LogP contribution < -0.4 is 5.32 Å². The highest BCUT2D eigenvalue weighted by molar-refractivity contribution is 5.91. The van der Waals surface area contributed by atoms with Crippen molar-refractivity contribution in [2.75, 3.05) is 51.3 Å². The maximum Gasteiger partial charge on any atom is 0.412 e.